The third-order valence-electron chi connectivity index (χ3n) is 0.542. The van der Waals surface area contributed by atoms with Crippen LogP contribution >= 0.6 is 0 Å². The van der Waals surface area contributed by atoms with Gasteiger partial charge < -0.3 is 6.53 Å². The van der Waals surface area contributed by atoms with E-state index in [0.29, 0.717) is 0 Å². The Morgan fingerprint density at radius 2 is 1.64 bits per heavy atom. The Balaban J connectivity index is -0.0000000770. The van der Waals surface area contributed by atoms with Crippen LogP contribution in [0.3, 0.4) is 0 Å². The quantitative estimate of drug-likeness (QED) is 0.219. The first kappa shape index (κ1) is 19.9. The minimum atomic E-state index is -4.67. The molecule has 0 saturated carbocycles. The Labute approximate surface area is 126 Å². The second kappa shape index (κ2) is 11.5. The van der Waals surface area contributed by atoms with Crippen molar-refractivity contribution in [1.82, 2.24) is 0 Å². The molecule has 0 fully saturated rings. The fourth-order valence-electron chi connectivity index (χ4n) is 0.249. The Morgan fingerprint density at radius 3 is 1.86 bits per heavy atom. The average molecular weight is 250 g/mol. The molecule has 0 saturated heterocycles. The van der Waals surface area contributed by atoms with Gasteiger partial charge >= 0.3 is 67.8 Å². The molecule has 6 nitrogen and oxygen atoms in total. The number of hydrogen-bond acceptors (Lipinski definition) is 3. The summed E-state index contributed by atoms with van der Waals surface area (Å²) in [6.45, 7) is 1.83. The molecular weight excluding hydrogens is 239 g/mol. The van der Waals surface area contributed by atoms with E-state index in [1.807, 2.05) is 6.92 Å². The third-order valence-corrected chi connectivity index (χ3v) is 0.542. The number of carboxylic acids is 1. The summed E-state index contributed by atoms with van der Waals surface area (Å²) < 4.78 is 31.6. The van der Waals surface area contributed by atoms with E-state index in [2.05, 4.69) is 0 Å². The third kappa shape index (κ3) is 54.9. The van der Waals surface area contributed by atoms with Crippen LogP contribution in [0, 0.1) is 0 Å². The van der Waals surface area contributed by atoms with Crippen LogP contribution in [0.1, 0.15) is 8.35 Å². The Bertz CT molecular complexity index is 289. The number of carbonyl (C=O) groups is 1. The van der Waals surface area contributed by atoms with Crippen molar-refractivity contribution in [3.63, 3.8) is 0 Å². The maximum atomic E-state index is 9.75. The molecule has 0 aromatic heterocycles. The van der Waals surface area contributed by atoms with Gasteiger partial charge in [0.1, 0.15) is 0 Å². The van der Waals surface area contributed by atoms with Crippen LogP contribution in [0.15, 0.2) is 24.3 Å². The number of allylic oxidation sites excluding steroid dienone is 3. The van der Waals surface area contributed by atoms with Crippen molar-refractivity contribution in [1.29, 1.82) is 0 Å². The number of aliphatic carboxylic acids is 1. The summed E-state index contributed by atoms with van der Waals surface area (Å²) in [4.78, 5) is 9.75. The first-order valence-corrected chi connectivity index (χ1v) is 4.39. The Kier molecular flexibility index (Phi) is 16.4. The molecular formula is C6H11KO6S. The summed E-state index contributed by atoms with van der Waals surface area (Å²) in [5, 5.41) is 8.02. The maximum absolute atomic E-state index is 9.75. The predicted molar refractivity (Wildman–Crippen MR) is 46.9 cm³/mol. The normalized spacial score (nSPS) is 10.5. The van der Waals surface area contributed by atoms with E-state index in [1.54, 1.807) is 12.2 Å². The molecule has 0 aliphatic rings. The number of carboxylic acid groups (broad SMARTS) is 1. The van der Waals surface area contributed by atoms with E-state index in [-0.39, 0.29) is 52.8 Å². The van der Waals surface area contributed by atoms with Crippen LogP contribution in [0.25, 0.3) is 0 Å². The van der Waals surface area contributed by atoms with Crippen LogP contribution in [-0.2, 0) is 15.2 Å². The van der Waals surface area contributed by atoms with Gasteiger partial charge in [0, 0.05) is 6.08 Å². The first-order chi connectivity index (χ1) is 5.77. The van der Waals surface area contributed by atoms with Gasteiger partial charge in [-0.15, -0.1) is 0 Å². The van der Waals surface area contributed by atoms with Gasteiger partial charge in [-0.05, 0) is 6.92 Å². The van der Waals surface area contributed by atoms with Crippen molar-refractivity contribution in [2.75, 3.05) is 0 Å². The summed E-state index contributed by atoms with van der Waals surface area (Å²) in [7, 11) is -4.67. The Morgan fingerprint density at radius 1 is 1.29 bits per heavy atom. The average Bonchev–Trinajstić information content (AvgIpc) is 1.83. The van der Waals surface area contributed by atoms with E-state index in [4.69, 9.17) is 22.6 Å². The summed E-state index contributed by atoms with van der Waals surface area (Å²) in [6.07, 6.45) is 5.98. The molecule has 0 spiro atoms. The minimum Gasteiger partial charge on any atom is -1.00 e. The van der Waals surface area contributed by atoms with Gasteiger partial charge in [-0.25, -0.2) is 4.79 Å². The molecule has 14 heavy (non-hydrogen) atoms. The van der Waals surface area contributed by atoms with E-state index in [9.17, 15) is 4.79 Å². The molecule has 0 aromatic carbocycles. The van der Waals surface area contributed by atoms with Crippen LogP contribution in [0.4, 0.5) is 0 Å². The fraction of sp³-hybridized carbons (Fsp3) is 0.167. The van der Waals surface area contributed by atoms with Crippen molar-refractivity contribution >= 4 is 16.4 Å². The molecule has 0 radical (unpaired) electrons. The van der Waals surface area contributed by atoms with Gasteiger partial charge in [0.2, 0.25) is 0 Å². The van der Waals surface area contributed by atoms with Crippen molar-refractivity contribution < 1.29 is 80.2 Å². The molecule has 0 aromatic rings. The van der Waals surface area contributed by atoms with E-state index in [0.717, 1.165) is 6.08 Å². The van der Waals surface area contributed by atoms with E-state index >= 15 is 0 Å². The molecule has 8 heteroatoms. The SMILES string of the molecule is C/C=C/C=C/C(=O)O.O=S(=O)(O)O.[H-].[K+]. The number of rotatable bonds is 2. The Hall–Kier alpha value is 0.456. The largest absolute Gasteiger partial charge is 1.00 e. The van der Waals surface area contributed by atoms with Crippen molar-refractivity contribution in [3.8, 4) is 0 Å². The molecule has 0 aliphatic heterocycles. The van der Waals surface area contributed by atoms with Gasteiger partial charge in [0.25, 0.3) is 0 Å². The van der Waals surface area contributed by atoms with Gasteiger partial charge in [0.15, 0.2) is 0 Å². The molecule has 0 bridgehead atoms. The minimum absolute atomic E-state index is 0. The van der Waals surface area contributed by atoms with Gasteiger partial charge in [-0.1, -0.05) is 18.2 Å². The van der Waals surface area contributed by atoms with E-state index < -0.39 is 16.4 Å². The first-order valence-electron chi connectivity index (χ1n) is 2.99. The second-order valence-corrected chi connectivity index (χ2v) is 2.57. The maximum Gasteiger partial charge on any atom is 1.00 e. The topological polar surface area (TPSA) is 112 Å². The smallest absolute Gasteiger partial charge is 1.00 e. The van der Waals surface area contributed by atoms with E-state index in [1.165, 1.54) is 6.08 Å². The van der Waals surface area contributed by atoms with Crippen LogP contribution < -0.4 is 51.4 Å². The van der Waals surface area contributed by atoms with Crippen LogP contribution in [0.2, 0.25) is 0 Å². The molecule has 0 rings (SSSR count). The molecule has 3 N–H and O–H groups in total. The molecule has 0 atom stereocenters. The predicted octanol–water partition coefficient (Wildman–Crippen LogP) is -2.33. The molecule has 0 amide bonds. The summed E-state index contributed by atoms with van der Waals surface area (Å²) in [6, 6.07) is 0. The molecule has 0 aliphatic carbocycles. The van der Waals surface area contributed by atoms with Gasteiger partial charge in [-0.3, -0.25) is 9.11 Å². The standard InChI is InChI=1S/C6H8O2.K.H2O4S.H/c1-2-3-4-5-6(7)8;;1-5(2,3)4;/h2-5H,1H3,(H,7,8);;(H2,1,2,3,4);/q;+1;;-1/b3-2+,5-4+;;;. The van der Waals surface area contributed by atoms with Gasteiger partial charge in [-0.2, -0.15) is 8.42 Å². The zero-order valence-electron chi connectivity index (χ0n) is 8.78. The molecule has 78 valence electrons. The zero-order valence-corrected chi connectivity index (χ0v) is 11.7. The van der Waals surface area contributed by atoms with Crippen molar-refractivity contribution in [2.45, 2.75) is 6.92 Å². The van der Waals surface area contributed by atoms with Crippen LogP contribution in [0.5, 0.6) is 0 Å². The van der Waals surface area contributed by atoms with Crippen molar-refractivity contribution in [3.05, 3.63) is 24.3 Å². The van der Waals surface area contributed by atoms with Crippen molar-refractivity contribution in [2.24, 2.45) is 0 Å². The summed E-state index contributed by atoms with van der Waals surface area (Å²) >= 11 is 0. The molecule has 0 unspecified atom stereocenters. The monoisotopic (exact) mass is 250 g/mol. The number of hydrogen-bond donors (Lipinski definition) is 3. The van der Waals surface area contributed by atoms with Gasteiger partial charge in [0.05, 0.1) is 0 Å². The summed E-state index contributed by atoms with van der Waals surface area (Å²) in [5.41, 5.74) is 0. The second-order valence-electron chi connectivity index (χ2n) is 1.67. The molecule has 0 heterocycles. The summed E-state index contributed by atoms with van der Waals surface area (Å²) in [5.74, 6) is -0.914. The fourth-order valence-corrected chi connectivity index (χ4v) is 0.249. The van der Waals surface area contributed by atoms with Crippen LogP contribution in [-0.4, -0.2) is 28.6 Å². The zero-order chi connectivity index (χ0) is 10.9.